The van der Waals surface area contributed by atoms with Gasteiger partial charge in [-0.1, -0.05) is 0 Å². The summed E-state index contributed by atoms with van der Waals surface area (Å²) in [7, 11) is 0. The molecule has 0 unspecified atom stereocenters. The van der Waals surface area contributed by atoms with E-state index in [1.165, 1.54) is 12.8 Å². The van der Waals surface area contributed by atoms with Crippen LogP contribution in [0.4, 0.5) is 0 Å². The highest BCUT2D eigenvalue weighted by Gasteiger charge is 2.35. The molecule has 68 valence electrons. The second-order valence-corrected chi connectivity index (χ2v) is 3.78. The standard InChI is InChI=1S/C9H16N2O/c1-7(2)10-9-11(5-6-12-9)8-3-4-8/h7-8H,3-6H2,1-2H3. The molecule has 2 fully saturated rings. The van der Waals surface area contributed by atoms with Crippen LogP contribution in [0.5, 0.6) is 0 Å². The van der Waals surface area contributed by atoms with Gasteiger partial charge in [-0.3, -0.25) is 0 Å². The van der Waals surface area contributed by atoms with Gasteiger partial charge in [-0.2, -0.15) is 0 Å². The highest BCUT2D eigenvalue weighted by molar-refractivity contribution is 5.76. The van der Waals surface area contributed by atoms with Gasteiger partial charge < -0.3 is 9.64 Å². The average molecular weight is 168 g/mol. The molecule has 0 radical (unpaired) electrons. The summed E-state index contributed by atoms with van der Waals surface area (Å²) in [6.07, 6.45) is 2.64. The van der Waals surface area contributed by atoms with Crippen molar-refractivity contribution in [3.63, 3.8) is 0 Å². The van der Waals surface area contributed by atoms with Crippen molar-refractivity contribution in [3.8, 4) is 0 Å². The van der Waals surface area contributed by atoms with Crippen LogP contribution >= 0.6 is 0 Å². The van der Waals surface area contributed by atoms with Crippen molar-refractivity contribution in [2.24, 2.45) is 4.99 Å². The van der Waals surface area contributed by atoms with E-state index in [2.05, 4.69) is 23.7 Å². The fourth-order valence-corrected chi connectivity index (χ4v) is 1.47. The van der Waals surface area contributed by atoms with E-state index in [0.717, 1.165) is 25.2 Å². The smallest absolute Gasteiger partial charge is 0.287 e. The Kier molecular flexibility index (Phi) is 1.95. The highest BCUT2D eigenvalue weighted by atomic mass is 16.5. The van der Waals surface area contributed by atoms with Crippen LogP contribution in [0.15, 0.2) is 4.99 Å². The third kappa shape index (κ3) is 1.54. The van der Waals surface area contributed by atoms with Crippen LogP contribution in [-0.2, 0) is 4.74 Å². The van der Waals surface area contributed by atoms with Crippen LogP contribution in [0.3, 0.4) is 0 Å². The minimum absolute atomic E-state index is 0.347. The molecule has 3 nitrogen and oxygen atoms in total. The molecule has 0 aromatic heterocycles. The van der Waals surface area contributed by atoms with Gasteiger partial charge >= 0.3 is 0 Å². The van der Waals surface area contributed by atoms with Gasteiger partial charge in [-0.05, 0) is 26.7 Å². The average Bonchev–Trinajstić information content (AvgIpc) is 2.73. The van der Waals surface area contributed by atoms with Crippen LogP contribution in [0.2, 0.25) is 0 Å². The first-order valence-corrected chi connectivity index (χ1v) is 4.74. The van der Waals surface area contributed by atoms with Crippen molar-refractivity contribution in [2.45, 2.75) is 38.8 Å². The Hall–Kier alpha value is -0.730. The van der Waals surface area contributed by atoms with Crippen molar-refractivity contribution in [2.75, 3.05) is 13.2 Å². The van der Waals surface area contributed by atoms with Gasteiger partial charge in [0.1, 0.15) is 6.61 Å². The Morgan fingerprint density at radius 1 is 1.50 bits per heavy atom. The molecule has 0 atom stereocenters. The van der Waals surface area contributed by atoms with E-state index in [4.69, 9.17) is 4.74 Å². The minimum Gasteiger partial charge on any atom is -0.463 e. The second kappa shape index (κ2) is 2.96. The molecule has 0 N–H and O–H groups in total. The number of nitrogens with zero attached hydrogens (tertiary/aromatic N) is 2. The molecule has 2 rings (SSSR count). The summed E-state index contributed by atoms with van der Waals surface area (Å²) in [5, 5.41) is 0. The van der Waals surface area contributed by atoms with Crippen molar-refractivity contribution in [1.82, 2.24) is 4.90 Å². The summed E-state index contributed by atoms with van der Waals surface area (Å²) < 4.78 is 5.45. The molecule has 0 bridgehead atoms. The highest BCUT2D eigenvalue weighted by Crippen LogP contribution is 2.29. The number of amidine groups is 1. The lowest BCUT2D eigenvalue weighted by Gasteiger charge is -2.14. The maximum absolute atomic E-state index is 5.45. The first-order chi connectivity index (χ1) is 5.77. The molecule has 2 aliphatic rings. The maximum Gasteiger partial charge on any atom is 0.287 e. The van der Waals surface area contributed by atoms with Crippen molar-refractivity contribution in [3.05, 3.63) is 0 Å². The monoisotopic (exact) mass is 168 g/mol. The molecule has 0 aromatic rings. The Balaban J connectivity index is 2.02. The normalized spacial score (nSPS) is 26.9. The molecule has 0 aromatic carbocycles. The Labute approximate surface area is 73.4 Å². The lowest BCUT2D eigenvalue weighted by Crippen LogP contribution is -2.28. The number of ether oxygens (including phenoxy) is 1. The van der Waals surface area contributed by atoms with Crippen LogP contribution in [0, 0.1) is 0 Å². The number of rotatable bonds is 2. The SMILES string of the molecule is CC(C)N=C1OCCN1C1CC1. The molecular formula is C9H16N2O. The largest absolute Gasteiger partial charge is 0.463 e. The van der Waals surface area contributed by atoms with E-state index in [0.29, 0.717) is 6.04 Å². The Bertz CT molecular complexity index is 197. The number of hydrogen-bond acceptors (Lipinski definition) is 2. The summed E-state index contributed by atoms with van der Waals surface area (Å²) in [5.74, 6) is 0. The van der Waals surface area contributed by atoms with Gasteiger partial charge in [0.15, 0.2) is 0 Å². The molecule has 1 aliphatic heterocycles. The van der Waals surface area contributed by atoms with E-state index in [-0.39, 0.29) is 0 Å². The Morgan fingerprint density at radius 2 is 2.25 bits per heavy atom. The second-order valence-electron chi connectivity index (χ2n) is 3.78. The summed E-state index contributed by atoms with van der Waals surface area (Å²) in [6, 6.07) is 1.97. The summed E-state index contributed by atoms with van der Waals surface area (Å²) >= 11 is 0. The van der Waals surface area contributed by atoms with Crippen LogP contribution in [-0.4, -0.2) is 36.2 Å². The molecule has 1 heterocycles. The van der Waals surface area contributed by atoms with Gasteiger partial charge in [0.05, 0.1) is 6.54 Å². The minimum atomic E-state index is 0.347. The zero-order chi connectivity index (χ0) is 8.55. The van der Waals surface area contributed by atoms with E-state index in [9.17, 15) is 0 Å². The molecule has 12 heavy (non-hydrogen) atoms. The van der Waals surface area contributed by atoms with Gasteiger partial charge in [0.2, 0.25) is 0 Å². The van der Waals surface area contributed by atoms with Crippen LogP contribution in [0.1, 0.15) is 26.7 Å². The predicted octanol–water partition coefficient (Wildman–Crippen LogP) is 1.25. The third-order valence-electron chi connectivity index (χ3n) is 2.17. The summed E-state index contributed by atoms with van der Waals surface area (Å²) in [4.78, 5) is 6.74. The quantitative estimate of drug-likeness (QED) is 0.620. The lowest BCUT2D eigenvalue weighted by molar-refractivity contribution is 0.348. The van der Waals surface area contributed by atoms with Crippen LogP contribution < -0.4 is 0 Å². The van der Waals surface area contributed by atoms with E-state index < -0.39 is 0 Å². The van der Waals surface area contributed by atoms with E-state index in [1.807, 2.05) is 0 Å². The zero-order valence-electron chi connectivity index (χ0n) is 7.79. The molecule has 1 aliphatic carbocycles. The van der Waals surface area contributed by atoms with Gasteiger partial charge in [0, 0.05) is 12.1 Å². The lowest BCUT2D eigenvalue weighted by atomic mass is 10.4. The summed E-state index contributed by atoms with van der Waals surface area (Å²) in [5.41, 5.74) is 0. The van der Waals surface area contributed by atoms with Gasteiger partial charge in [-0.15, -0.1) is 0 Å². The van der Waals surface area contributed by atoms with Crippen LogP contribution in [0.25, 0.3) is 0 Å². The number of hydrogen-bond donors (Lipinski definition) is 0. The first kappa shape index (κ1) is 7.90. The zero-order valence-corrected chi connectivity index (χ0v) is 7.79. The van der Waals surface area contributed by atoms with Crippen molar-refractivity contribution in [1.29, 1.82) is 0 Å². The predicted molar refractivity (Wildman–Crippen MR) is 48.3 cm³/mol. The number of aliphatic imine (C=N–C) groups is 1. The summed E-state index contributed by atoms with van der Waals surface area (Å²) in [6.45, 7) is 6.03. The fraction of sp³-hybridized carbons (Fsp3) is 0.889. The first-order valence-electron chi connectivity index (χ1n) is 4.74. The van der Waals surface area contributed by atoms with Crippen molar-refractivity contribution < 1.29 is 4.74 Å². The van der Waals surface area contributed by atoms with E-state index in [1.54, 1.807) is 0 Å². The molecule has 1 saturated carbocycles. The van der Waals surface area contributed by atoms with E-state index >= 15 is 0 Å². The topological polar surface area (TPSA) is 24.8 Å². The molecular weight excluding hydrogens is 152 g/mol. The maximum atomic E-state index is 5.45. The van der Waals surface area contributed by atoms with Gasteiger partial charge in [-0.25, -0.2) is 4.99 Å². The molecule has 0 amide bonds. The fourth-order valence-electron chi connectivity index (χ4n) is 1.47. The third-order valence-corrected chi connectivity index (χ3v) is 2.17. The van der Waals surface area contributed by atoms with Gasteiger partial charge in [0.25, 0.3) is 6.02 Å². The molecule has 1 saturated heterocycles. The van der Waals surface area contributed by atoms with Crippen molar-refractivity contribution >= 4 is 6.02 Å². The molecule has 0 spiro atoms. The Morgan fingerprint density at radius 3 is 2.83 bits per heavy atom. The molecule has 3 heteroatoms.